The highest BCUT2D eigenvalue weighted by Gasteiger charge is 2.15. The highest BCUT2D eigenvalue weighted by molar-refractivity contribution is 7.89. The van der Waals surface area contributed by atoms with Crippen LogP contribution in [-0.4, -0.2) is 65.0 Å². The second-order valence-electron chi connectivity index (χ2n) is 6.97. The third-order valence-corrected chi connectivity index (χ3v) is 5.69. The van der Waals surface area contributed by atoms with Crippen LogP contribution in [0.15, 0.2) is 29.2 Å². The summed E-state index contributed by atoms with van der Waals surface area (Å²) >= 11 is 0. The predicted octanol–water partition coefficient (Wildman–Crippen LogP) is 1.07. The van der Waals surface area contributed by atoms with Crippen molar-refractivity contribution >= 4 is 28.3 Å². The summed E-state index contributed by atoms with van der Waals surface area (Å²) < 4.78 is 26.9. The molecule has 1 fully saturated rings. The summed E-state index contributed by atoms with van der Waals surface area (Å²) in [6.45, 7) is 10.00. The van der Waals surface area contributed by atoms with Crippen molar-refractivity contribution in [3.8, 4) is 0 Å². The van der Waals surface area contributed by atoms with E-state index < -0.39 is 10.0 Å². The van der Waals surface area contributed by atoms with Gasteiger partial charge in [0.25, 0.3) is 5.91 Å². The van der Waals surface area contributed by atoms with Crippen LogP contribution in [0.1, 0.15) is 30.6 Å². The van der Waals surface area contributed by atoms with Crippen molar-refractivity contribution in [2.24, 2.45) is 5.92 Å². The second-order valence-corrected chi connectivity index (χ2v) is 8.74. The average molecular weight is 419 g/mol. The van der Waals surface area contributed by atoms with Crippen LogP contribution in [0, 0.1) is 5.92 Å². The van der Waals surface area contributed by atoms with Gasteiger partial charge in [-0.15, -0.1) is 12.4 Å². The summed E-state index contributed by atoms with van der Waals surface area (Å²) in [7, 11) is -3.52. The number of nitrogens with zero attached hydrogens (tertiary/aromatic N) is 1. The molecule has 0 unspecified atom stereocenters. The maximum atomic E-state index is 12.2. The van der Waals surface area contributed by atoms with Crippen molar-refractivity contribution in [1.82, 2.24) is 20.3 Å². The first kappa shape index (κ1) is 23.8. The van der Waals surface area contributed by atoms with Crippen molar-refractivity contribution in [3.05, 3.63) is 29.8 Å². The van der Waals surface area contributed by atoms with Crippen LogP contribution < -0.4 is 15.4 Å². The van der Waals surface area contributed by atoms with E-state index in [4.69, 9.17) is 0 Å². The first-order valence-electron chi connectivity index (χ1n) is 9.19. The molecular weight excluding hydrogens is 388 g/mol. The Bertz CT molecular complexity index is 674. The van der Waals surface area contributed by atoms with Crippen molar-refractivity contribution < 1.29 is 13.2 Å². The molecule has 0 spiro atoms. The van der Waals surface area contributed by atoms with E-state index in [0.717, 1.165) is 39.1 Å². The maximum absolute atomic E-state index is 12.2. The normalized spacial score (nSPS) is 15.4. The Morgan fingerprint density at radius 2 is 1.81 bits per heavy atom. The zero-order chi connectivity index (χ0) is 19.0. The molecule has 1 aromatic rings. The number of amides is 1. The van der Waals surface area contributed by atoms with Crippen LogP contribution in [0.25, 0.3) is 0 Å². The molecule has 0 aromatic heterocycles. The molecule has 3 N–H and O–H groups in total. The lowest BCUT2D eigenvalue weighted by molar-refractivity contribution is 0.0951. The number of nitrogens with one attached hydrogen (secondary N) is 3. The molecule has 1 aromatic carbocycles. The van der Waals surface area contributed by atoms with Crippen LogP contribution >= 0.6 is 12.4 Å². The zero-order valence-corrected chi connectivity index (χ0v) is 17.7. The number of hydrogen-bond acceptors (Lipinski definition) is 5. The van der Waals surface area contributed by atoms with Gasteiger partial charge in [0.1, 0.15) is 0 Å². The molecule has 1 aliphatic rings. The maximum Gasteiger partial charge on any atom is 0.251 e. The zero-order valence-electron chi connectivity index (χ0n) is 16.0. The van der Waals surface area contributed by atoms with Crippen LogP contribution in [0.4, 0.5) is 0 Å². The monoisotopic (exact) mass is 418 g/mol. The fourth-order valence-corrected chi connectivity index (χ4v) is 3.90. The van der Waals surface area contributed by atoms with Gasteiger partial charge in [0.15, 0.2) is 0 Å². The summed E-state index contributed by atoms with van der Waals surface area (Å²) in [5.74, 6) is 0.0559. The Balaban J connectivity index is 0.00000364. The van der Waals surface area contributed by atoms with Crippen molar-refractivity contribution in [2.45, 2.75) is 25.2 Å². The Kier molecular flexibility index (Phi) is 10.3. The lowest BCUT2D eigenvalue weighted by Crippen LogP contribution is -2.44. The fourth-order valence-electron chi connectivity index (χ4n) is 2.69. The van der Waals surface area contributed by atoms with Gasteiger partial charge in [0.2, 0.25) is 10.0 Å². The SMILES string of the molecule is CC(C)CNS(=O)(=O)c1ccc(C(=O)NCCCN2CCNCC2)cc1.Cl. The predicted molar refractivity (Wildman–Crippen MR) is 110 cm³/mol. The molecule has 1 heterocycles. The Morgan fingerprint density at radius 1 is 1.19 bits per heavy atom. The molecule has 0 bridgehead atoms. The van der Waals surface area contributed by atoms with E-state index in [-0.39, 0.29) is 29.1 Å². The minimum Gasteiger partial charge on any atom is -0.352 e. The molecular formula is C18H31ClN4O3S. The van der Waals surface area contributed by atoms with E-state index in [1.807, 2.05) is 13.8 Å². The van der Waals surface area contributed by atoms with Gasteiger partial charge in [-0.3, -0.25) is 4.79 Å². The smallest absolute Gasteiger partial charge is 0.251 e. The van der Waals surface area contributed by atoms with Crippen molar-refractivity contribution in [3.63, 3.8) is 0 Å². The number of halogens is 1. The largest absolute Gasteiger partial charge is 0.352 e. The number of benzene rings is 1. The highest BCUT2D eigenvalue weighted by atomic mass is 35.5. The van der Waals surface area contributed by atoms with Gasteiger partial charge >= 0.3 is 0 Å². The first-order chi connectivity index (χ1) is 12.4. The van der Waals surface area contributed by atoms with E-state index in [9.17, 15) is 13.2 Å². The van der Waals surface area contributed by atoms with Crippen LogP contribution in [-0.2, 0) is 10.0 Å². The minimum atomic E-state index is -3.52. The molecule has 0 atom stereocenters. The molecule has 0 aliphatic carbocycles. The Labute approximate surface area is 168 Å². The number of hydrogen-bond donors (Lipinski definition) is 3. The van der Waals surface area contributed by atoms with Crippen LogP contribution in [0.3, 0.4) is 0 Å². The van der Waals surface area contributed by atoms with Gasteiger partial charge in [-0.2, -0.15) is 0 Å². The topological polar surface area (TPSA) is 90.5 Å². The van der Waals surface area contributed by atoms with Gasteiger partial charge in [-0.1, -0.05) is 13.8 Å². The summed E-state index contributed by atoms with van der Waals surface area (Å²) in [4.78, 5) is 14.7. The highest BCUT2D eigenvalue weighted by Crippen LogP contribution is 2.11. The van der Waals surface area contributed by atoms with Gasteiger partial charge in [-0.05, 0) is 43.1 Å². The van der Waals surface area contributed by atoms with Gasteiger partial charge in [-0.25, -0.2) is 13.1 Å². The average Bonchev–Trinajstić information content (AvgIpc) is 2.64. The number of piperazine rings is 1. The molecule has 1 amide bonds. The number of carbonyl (C=O) groups is 1. The van der Waals surface area contributed by atoms with Crippen LogP contribution in [0.2, 0.25) is 0 Å². The Hall–Kier alpha value is -1.19. The molecule has 0 radical (unpaired) electrons. The number of rotatable bonds is 9. The summed E-state index contributed by atoms with van der Waals surface area (Å²) in [6, 6.07) is 6.04. The van der Waals surface area contributed by atoms with E-state index in [2.05, 4.69) is 20.3 Å². The van der Waals surface area contributed by atoms with Gasteiger partial charge in [0, 0.05) is 44.8 Å². The molecule has 0 saturated carbocycles. The molecule has 1 saturated heterocycles. The van der Waals surface area contributed by atoms with E-state index in [0.29, 0.717) is 18.7 Å². The lowest BCUT2D eigenvalue weighted by atomic mass is 10.2. The summed E-state index contributed by atoms with van der Waals surface area (Å²) in [5.41, 5.74) is 0.468. The molecule has 9 heteroatoms. The molecule has 1 aliphatic heterocycles. The quantitative estimate of drug-likeness (QED) is 0.522. The third-order valence-electron chi connectivity index (χ3n) is 4.25. The van der Waals surface area contributed by atoms with E-state index in [1.54, 1.807) is 12.1 Å². The fraction of sp³-hybridized carbons (Fsp3) is 0.611. The Morgan fingerprint density at radius 3 is 2.41 bits per heavy atom. The number of carbonyl (C=O) groups excluding carboxylic acids is 1. The standard InChI is InChI=1S/C18H30N4O3S.ClH/c1-15(2)14-21-26(24,25)17-6-4-16(5-7-17)18(23)20-8-3-11-22-12-9-19-10-13-22;/h4-7,15,19,21H,3,8-14H2,1-2H3,(H,20,23);1H. The van der Waals surface area contributed by atoms with Gasteiger partial charge in [0.05, 0.1) is 4.90 Å². The van der Waals surface area contributed by atoms with Gasteiger partial charge < -0.3 is 15.5 Å². The minimum absolute atomic E-state index is 0. The number of sulfonamides is 1. The van der Waals surface area contributed by atoms with Crippen molar-refractivity contribution in [1.29, 1.82) is 0 Å². The third kappa shape index (κ3) is 8.15. The summed E-state index contributed by atoms with van der Waals surface area (Å²) in [6.07, 6.45) is 0.900. The van der Waals surface area contributed by atoms with Crippen molar-refractivity contribution in [2.75, 3.05) is 45.8 Å². The lowest BCUT2D eigenvalue weighted by Gasteiger charge is -2.27. The van der Waals surface area contributed by atoms with Crippen LogP contribution in [0.5, 0.6) is 0 Å². The first-order valence-corrected chi connectivity index (χ1v) is 10.7. The molecule has 2 rings (SSSR count). The molecule has 154 valence electrons. The van der Waals surface area contributed by atoms with E-state index >= 15 is 0 Å². The van der Waals surface area contributed by atoms with E-state index in [1.165, 1.54) is 12.1 Å². The molecule has 7 nitrogen and oxygen atoms in total. The molecule has 27 heavy (non-hydrogen) atoms. The second kappa shape index (κ2) is 11.6. The summed E-state index contributed by atoms with van der Waals surface area (Å²) in [5, 5.41) is 6.21.